The molecule has 1 rings (SSSR count). The Labute approximate surface area is 111 Å². The van der Waals surface area contributed by atoms with Gasteiger partial charge in [0.1, 0.15) is 6.61 Å². The summed E-state index contributed by atoms with van der Waals surface area (Å²) in [6.07, 6.45) is 6.59. The van der Waals surface area contributed by atoms with Crippen molar-refractivity contribution in [2.24, 2.45) is 4.99 Å². The summed E-state index contributed by atoms with van der Waals surface area (Å²) in [5.74, 6) is 0.00918. The third-order valence-corrected chi connectivity index (χ3v) is 2.31. The SMILES string of the molecule is C=N/C=C\C(=C/C)COc1ncc(C)cc1[N+](=O)[O-]. The topological polar surface area (TPSA) is 77.6 Å². The third kappa shape index (κ3) is 4.34. The van der Waals surface area contributed by atoms with E-state index in [1.807, 2.05) is 13.0 Å². The van der Waals surface area contributed by atoms with E-state index in [4.69, 9.17) is 4.74 Å². The number of hydrogen-bond acceptors (Lipinski definition) is 5. The number of rotatable bonds is 6. The fourth-order valence-corrected chi connectivity index (χ4v) is 1.31. The molecule has 0 amide bonds. The van der Waals surface area contributed by atoms with Crippen LogP contribution in [0.3, 0.4) is 0 Å². The van der Waals surface area contributed by atoms with Gasteiger partial charge in [0.25, 0.3) is 5.88 Å². The van der Waals surface area contributed by atoms with Crippen molar-refractivity contribution < 1.29 is 9.66 Å². The molecular formula is C13H15N3O3. The van der Waals surface area contributed by atoms with E-state index < -0.39 is 4.92 Å². The molecule has 0 N–H and O–H groups in total. The molecule has 0 saturated heterocycles. The van der Waals surface area contributed by atoms with Crippen molar-refractivity contribution in [1.82, 2.24) is 4.98 Å². The van der Waals surface area contributed by atoms with Crippen LogP contribution in [0, 0.1) is 17.0 Å². The normalized spacial score (nSPS) is 11.6. The number of hydrogen-bond donors (Lipinski definition) is 0. The molecule has 1 aromatic heterocycles. The van der Waals surface area contributed by atoms with Crippen molar-refractivity contribution in [3.8, 4) is 5.88 Å². The first-order valence-corrected chi connectivity index (χ1v) is 5.60. The van der Waals surface area contributed by atoms with Crippen LogP contribution in [0.2, 0.25) is 0 Å². The van der Waals surface area contributed by atoms with E-state index in [0.717, 1.165) is 5.57 Å². The van der Waals surface area contributed by atoms with Crippen LogP contribution >= 0.6 is 0 Å². The molecule has 1 heterocycles. The molecule has 0 aliphatic carbocycles. The summed E-state index contributed by atoms with van der Waals surface area (Å²) < 4.78 is 5.37. The van der Waals surface area contributed by atoms with Gasteiger partial charge in [-0.1, -0.05) is 6.08 Å². The van der Waals surface area contributed by atoms with E-state index in [2.05, 4.69) is 16.7 Å². The minimum Gasteiger partial charge on any atom is -0.468 e. The fourth-order valence-electron chi connectivity index (χ4n) is 1.31. The second-order valence-corrected chi connectivity index (χ2v) is 3.74. The molecule has 0 radical (unpaired) electrons. The van der Waals surface area contributed by atoms with E-state index in [9.17, 15) is 10.1 Å². The van der Waals surface area contributed by atoms with Gasteiger partial charge in [-0.2, -0.15) is 0 Å². The summed E-state index contributed by atoms with van der Waals surface area (Å²) in [6.45, 7) is 7.08. The van der Waals surface area contributed by atoms with Crippen molar-refractivity contribution in [3.05, 3.63) is 51.9 Å². The zero-order chi connectivity index (χ0) is 14.3. The van der Waals surface area contributed by atoms with Crippen molar-refractivity contribution >= 4 is 12.4 Å². The molecule has 100 valence electrons. The van der Waals surface area contributed by atoms with Gasteiger partial charge in [-0.25, -0.2) is 4.98 Å². The van der Waals surface area contributed by atoms with Gasteiger partial charge >= 0.3 is 5.69 Å². The molecule has 0 spiro atoms. The van der Waals surface area contributed by atoms with Gasteiger partial charge in [-0.05, 0) is 37.8 Å². The predicted molar refractivity (Wildman–Crippen MR) is 73.6 cm³/mol. The van der Waals surface area contributed by atoms with Crippen LogP contribution in [-0.4, -0.2) is 23.2 Å². The molecule has 19 heavy (non-hydrogen) atoms. The quantitative estimate of drug-likeness (QED) is 0.341. The van der Waals surface area contributed by atoms with Crippen molar-refractivity contribution in [3.63, 3.8) is 0 Å². The van der Waals surface area contributed by atoms with Gasteiger partial charge in [-0.3, -0.25) is 15.1 Å². The summed E-state index contributed by atoms with van der Waals surface area (Å²) in [7, 11) is 0. The summed E-state index contributed by atoms with van der Waals surface area (Å²) in [6, 6.07) is 1.43. The lowest BCUT2D eigenvalue weighted by atomic mass is 10.2. The highest BCUT2D eigenvalue weighted by atomic mass is 16.6. The van der Waals surface area contributed by atoms with E-state index >= 15 is 0 Å². The molecule has 0 aromatic carbocycles. The van der Waals surface area contributed by atoms with Crippen LogP contribution in [0.15, 0.2) is 41.2 Å². The maximum absolute atomic E-state index is 10.9. The summed E-state index contributed by atoms with van der Waals surface area (Å²) in [4.78, 5) is 17.9. The van der Waals surface area contributed by atoms with E-state index in [1.54, 1.807) is 13.0 Å². The molecule has 0 aliphatic heterocycles. The Balaban J connectivity index is 2.85. The molecule has 0 saturated carbocycles. The van der Waals surface area contributed by atoms with E-state index in [-0.39, 0.29) is 18.2 Å². The Bertz CT molecular complexity index is 536. The molecule has 1 aromatic rings. The molecule has 0 atom stereocenters. The Morgan fingerprint density at radius 1 is 1.68 bits per heavy atom. The van der Waals surface area contributed by atoms with Gasteiger partial charge in [0.15, 0.2) is 0 Å². The third-order valence-electron chi connectivity index (χ3n) is 2.31. The van der Waals surface area contributed by atoms with Crippen LogP contribution < -0.4 is 4.74 Å². The first-order valence-electron chi connectivity index (χ1n) is 5.60. The second-order valence-electron chi connectivity index (χ2n) is 3.74. The summed E-state index contributed by atoms with van der Waals surface area (Å²) in [5.41, 5.74) is 1.39. The number of nitro groups is 1. The highest BCUT2D eigenvalue weighted by molar-refractivity contribution is 5.43. The van der Waals surface area contributed by atoms with Crippen LogP contribution in [0.5, 0.6) is 5.88 Å². The molecule has 0 unspecified atom stereocenters. The monoisotopic (exact) mass is 261 g/mol. The zero-order valence-electron chi connectivity index (χ0n) is 10.9. The molecule has 6 heteroatoms. The van der Waals surface area contributed by atoms with Gasteiger partial charge in [0.2, 0.25) is 0 Å². The molecule has 0 bridgehead atoms. The van der Waals surface area contributed by atoms with Gasteiger partial charge < -0.3 is 4.74 Å². The summed E-state index contributed by atoms with van der Waals surface area (Å²) in [5, 5.41) is 10.9. The molecular weight excluding hydrogens is 246 g/mol. The lowest BCUT2D eigenvalue weighted by Crippen LogP contribution is -2.04. The Morgan fingerprint density at radius 2 is 2.42 bits per heavy atom. The Morgan fingerprint density at radius 3 is 3.00 bits per heavy atom. The first kappa shape index (κ1) is 14.6. The number of ether oxygens (including phenoxy) is 1. The van der Waals surface area contributed by atoms with E-state index in [0.29, 0.717) is 5.56 Å². The number of aromatic nitrogens is 1. The van der Waals surface area contributed by atoms with E-state index in [1.165, 1.54) is 18.5 Å². The maximum Gasteiger partial charge on any atom is 0.331 e. The van der Waals surface area contributed by atoms with Crippen molar-refractivity contribution in [2.75, 3.05) is 6.61 Å². The largest absolute Gasteiger partial charge is 0.468 e. The zero-order valence-corrected chi connectivity index (χ0v) is 10.9. The average Bonchev–Trinajstić information content (AvgIpc) is 2.40. The Hall–Kier alpha value is -2.50. The molecule has 0 aliphatic rings. The standard InChI is InChI=1S/C13H15N3O3/c1-4-11(5-6-14-3)9-19-13-12(16(17)18)7-10(2)8-15-13/h4-8H,3,9H2,1-2H3/b6-5-,11-4+. The smallest absolute Gasteiger partial charge is 0.331 e. The number of allylic oxidation sites excluding steroid dienone is 1. The van der Waals surface area contributed by atoms with Crippen molar-refractivity contribution in [1.29, 1.82) is 0 Å². The average molecular weight is 261 g/mol. The fraction of sp³-hybridized carbons (Fsp3) is 0.231. The highest BCUT2D eigenvalue weighted by Gasteiger charge is 2.16. The number of nitrogens with zero attached hydrogens (tertiary/aromatic N) is 3. The van der Waals surface area contributed by atoms with Crippen LogP contribution in [0.1, 0.15) is 12.5 Å². The number of aryl methyl sites for hydroxylation is 1. The number of pyridine rings is 1. The molecule has 6 nitrogen and oxygen atoms in total. The highest BCUT2D eigenvalue weighted by Crippen LogP contribution is 2.25. The van der Waals surface area contributed by atoms with Crippen LogP contribution in [-0.2, 0) is 0 Å². The minimum absolute atomic E-state index is 0.00918. The first-order chi connectivity index (χ1) is 9.08. The minimum atomic E-state index is -0.508. The van der Waals surface area contributed by atoms with Gasteiger partial charge in [-0.15, -0.1) is 0 Å². The predicted octanol–water partition coefficient (Wildman–Crippen LogP) is 2.84. The Kier molecular flexibility index (Phi) is 5.40. The van der Waals surface area contributed by atoms with Gasteiger partial charge in [0, 0.05) is 18.5 Å². The van der Waals surface area contributed by atoms with Crippen molar-refractivity contribution in [2.45, 2.75) is 13.8 Å². The lowest BCUT2D eigenvalue weighted by molar-refractivity contribution is -0.386. The van der Waals surface area contributed by atoms with Crippen LogP contribution in [0.25, 0.3) is 0 Å². The van der Waals surface area contributed by atoms with Gasteiger partial charge in [0.05, 0.1) is 4.92 Å². The molecule has 0 fully saturated rings. The summed E-state index contributed by atoms with van der Waals surface area (Å²) >= 11 is 0. The lowest BCUT2D eigenvalue weighted by Gasteiger charge is -2.06. The maximum atomic E-state index is 10.9. The van der Waals surface area contributed by atoms with Crippen LogP contribution in [0.4, 0.5) is 5.69 Å². The second kappa shape index (κ2) is 7.05. The number of aliphatic imine (C=N–C) groups is 1.